The number of hydrogen-bond acceptors (Lipinski definition) is 10. The smallest absolute Gasteiger partial charge is 0.462 e. The molecule has 452 valence electrons. The molecule has 3 atom stereocenters. The third-order valence-electron chi connectivity index (χ3n) is 13.6. The van der Waals surface area contributed by atoms with Gasteiger partial charge >= 0.3 is 25.7 Å². The maximum Gasteiger partial charge on any atom is 0.472 e. The molecule has 0 amide bonds. The first-order valence-electron chi connectivity index (χ1n) is 31.8. The van der Waals surface area contributed by atoms with Crippen LogP contribution >= 0.6 is 7.82 Å². The fourth-order valence-electron chi connectivity index (χ4n) is 8.68. The van der Waals surface area contributed by atoms with Crippen molar-refractivity contribution >= 4 is 25.7 Å². The first kappa shape index (κ1) is 74.9. The summed E-state index contributed by atoms with van der Waals surface area (Å²) in [6.07, 6.45) is 68.4. The van der Waals surface area contributed by atoms with E-state index in [4.69, 9.17) is 23.3 Å². The standard InChI is InChI=1S/C66H117O11P/c1-4-7-10-13-16-19-22-25-28-30-31-33-36-39-42-45-48-51-54-57-66(70)77-63(59-73-64(68)55-52-49-46-43-40-37-35-32-29-26-23-20-17-14-11-8-5-2)61-75-78(71,72)74-60-62(58-67)76-65(69)56-53-50-47-44-41-38-34-27-24-21-18-15-12-9-6-3/h16-17,19-20,25-29,31,33-34,62-63,67H,4-15,18,21-24,30,32,35-61H2,1-3H3,(H,71,72)/b19-16-,20-17-,28-25-,29-26-,33-31-,34-27-. The minimum atomic E-state index is -4.76. The number of rotatable bonds is 59. The molecule has 0 aliphatic carbocycles. The Labute approximate surface area is 478 Å². The van der Waals surface area contributed by atoms with Crippen molar-refractivity contribution in [2.24, 2.45) is 0 Å². The van der Waals surface area contributed by atoms with Gasteiger partial charge in [-0.1, -0.05) is 229 Å². The number of ether oxygens (including phenoxy) is 3. The minimum absolute atomic E-state index is 0.150. The van der Waals surface area contributed by atoms with E-state index in [0.717, 1.165) is 122 Å². The van der Waals surface area contributed by atoms with Gasteiger partial charge in [-0.15, -0.1) is 0 Å². The molecule has 0 heterocycles. The number of unbranched alkanes of at least 4 members (excludes halogenated alkanes) is 30. The van der Waals surface area contributed by atoms with Crippen LogP contribution in [0.25, 0.3) is 0 Å². The van der Waals surface area contributed by atoms with Crippen LogP contribution in [0, 0.1) is 0 Å². The molecule has 2 N–H and O–H groups in total. The Morgan fingerprint density at radius 1 is 0.359 bits per heavy atom. The zero-order chi connectivity index (χ0) is 56.9. The Kier molecular flexibility index (Phi) is 57.7. The van der Waals surface area contributed by atoms with E-state index in [1.165, 1.54) is 109 Å². The van der Waals surface area contributed by atoms with E-state index in [1.807, 2.05) is 0 Å². The SMILES string of the molecule is CCCCC/C=C\C/C=C\C/C=C\CCCCCCCCC(=O)OC(COC(=O)CCCCCCCCC/C=C\C/C=C\CCCCC)COP(=O)(O)OCC(CO)OC(=O)CCCCCCC/C=C\CCCCCCCC. The Hall–Kier alpha value is -3.08. The molecule has 3 unspecified atom stereocenters. The van der Waals surface area contributed by atoms with Crippen molar-refractivity contribution in [2.45, 2.75) is 303 Å². The van der Waals surface area contributed by atoms with Crippen LogP contribution in [0.5, 0.6) is 0 Å². The first-order chi connectivity index (χ1) is 38.2. The van der Waals surface area contributed by atoms with Gasteiger partial charge in [-0.05, 0) is 116 Å². The molecule has 11 nitrogen and oxygen atoms in total. The summed E-state index contributed by atoms with van der Waals surface area (Å²) in [5.41, 5.74) is 0. The van der Waals surface area contributed by atoms with Gasteiger partial charge in [0.2, 0.25) is 0 Å². The van der Waals surface area contributed by atoms with Crippen LogP contribution in [0.1, 0.15) is 290 Å². The third kappa shape index (κ3) is 57.6. The summed E-state index contributed by atoms with van der Waals surface area (Å²) < 4.78 is 39.7. The number of phosphoric acid groups is 1. The lowest BCUT2D eigenvalue weighted by molar-refractivity contribution is -0.161. The van der Waals surface area contributed by atoms with Crippen LogP contribution in [0.3, 0.4) is 0 Å². The summed E-state index contributed by atoms with van der Waals surface area (Å²) in [6, 6.07) is 0. The summed E-state index contributed by atoms with van der Waals surface area (Å²) in [7, 11) is -4.76. The van der Waals surface area contributed by atoms with E-state index >= 15 is 0 Å². The fourth-order valence-corrected chi connectivity index (χ4v) is 9.47. The van der Waals surface area contributed by atoms with Gasteiger partial charge in [0, 0.05) is 19.3 Å². The predicted molar refractivity (Wildman–Crippen MR) is 325 cm³/mol. The van der Waals surface area contributed by atoms with Gasteiger partial charge in [0.25, 0.3) is 0 Å². The van der Waals surface area contributed by atoms with Crippen molar-refractivity contribution in [1.29, 1.82) is 0 Å². The van der Waals surface area contributed by atoms with Crippen LogP contribution in [0.15, 0.2) is 72.9 Å². The van der Waals surface area contributed by atoms with E-state index in [-0.39, 0.29) is 25.9 Å². The fraction of sp³-hybridized carbons (Fsp3) is 0.773. The molecular formula is C66H117O11P. The Morgan fingerprint density at radius 2 is 0.628 bits per heavy atom. The van der Waals surface area contributed by atoms with E-state index in [9.17, 15) is 28.9 Å². The molecule has 0 aliphatic rings. The van der Waals surface area contributed by atoms with Gasteiger partial charge in [0.05, 0.1) is 19.8 Å². The summed E-state index contributed by atoms with van der Waals surface area (Å²) in [5.74, 6) is -1.49. The van der Waals surface area contributed by atoms with Gasteiger partial charge in [0.15, 0.2) is 6.10 Å². The average molecular weight is 1120 g/mol. The lowest BCUT2D eigenvalue weighted by Crippen LogP contribution is -2.30. The second-order valence-electron chi connectivity index (χ2n) is 21.2. The molecule has 12 heteroatoms. The highest BCUT2D eigenvalue weighted by molar-refractivity contribution is 7.47. The monoisotopic (exact) mass is 1120 g/mol. The highest BCUT2D eigenvalue weighted by Gasteiger charge is 2.28. The molecule has 0 aromatic rings. The maximum absolute atomic E-state index is 12.9. The summed E-state index contributed by atoms with van der Waals surface area (Å²) in [5, 5.41) is 9.84. The second-order valence-corrected chi connectivity index (χ2v) is 22.7. The Morgan fingerprint density at radius 3 is 1.00 bits per heavy atom. The van der Waals surface area contributed by atoms with Crippen molar-refractivity contribution in [2.75, 3.05) is 26.4 Å². The lowest BCUT2D eigenvalue weighted by Gasteiger charge is -2.21. The number of allylic oxidation sites excluding steroid dienone is 12. The molecule has 0 bridgehead atoms. The number of aliphatic hydroxyl groups is 1. The predicted octanol–water partition coefficient (Wildman–Crippen LogP) is 19.3. The number of aliphatic hydroxyl groups excluding tert-OH is 1. The van der Waals surface area contributed by atoms with Crippen LogP contribution in [0.2, 0.25) is 0 Å². The number of hydrogen-bond donors (Lipinski definition) is 2. The minimum Gasteiger partial charge on any atom is -0.462 e. The zero-order valence-electron chi connectivity index (χ0n) is 50.1. The van der Waals surface area contributed by atoms with Gasteiger partial charge < -0.3 is 24.2 Å². The molecule has 0 rings (SSSR count). The van der Waals surface area contributed by atoms with Crippen molar-refractivity contribution in [1.82, 2.24) is 0 Å². The molecule has 78 heavy (non-hydrogen) atoms. The molecule has 0 aromatic carbocycles. The number of phosphoric ester groups is 1. The summed E-state index contributed by atoms with van der Waals surface area (Å²) in [6.45, 7) is 4.59. The molecule has 0 spiro atoms. The van der Waals surface area contributed by atoms with Crippen molar-refractivity contribution in [3.63, 3.8) is 0 Å². The van der Waals surface area contributed by atoms with Crippen molar-refractivity contribution < 1.29 is 52.2 Å². The average Bonchev–Trinajstić information content (AvgIpc) is 3.43. The van der Waals surface area contributed by atoms with Crippen LogP contribution in [-0.4, -0.2) is 66.5 Å². The molecule has 0 aliphatic heterocycles. The largest absolute Gasteiger partial charge is 0.472 e. The number of carbonyl (C=O) groups is 3. The van der Waals surface area contributed by atoms with E-state index in [1.54, 1.807) is 0 Å². The van der Waals surface area contributed by atoms with E-state index < -0.39 is 57.8 Å². The van der Waals surface area contributed by atoms with Gasteiger partial charge in [-0.25, -0.2) is 4.57 Å². The van der Waals surface area contributed by atoms with E-state index in [0.29, 0.717) is 19.3 Å². The molecule has 0 aromatic heterocycles. The number of esters is 3. The molecule has 0 saturated carbocycles. The Balaban J connectivity index is 4.75. The molecule has 0 radical (unpaired) electrons. The van der Waals surface area contributed by atoms with Gasteiger partial charge in [-0.3, -0.25) is 23.4 Å². The zero-order valence-corrected chi connectivity index (χ0v) is 51.0. The first-order valence-corrected chi connectivity index (χ1v) is 33.3. The molecule has 0 saturated heterocycles. The van der Waals surface area contributed by atoms with Crippen molar-refractivity contribution in [3.05, 3.63) is 72.9 Å². The lowest BCUT2D eigenvalue weighted by atomic mass is 10.1. The van der Waals surface area contributed by atoms with E-state index in [2.05, 4.69) is 93.7 Å². The molecule has 0 fully saturated rings. The summed E-state index contributed by atoms with van der Waals surface area (Å²) >= 11 is 0. The quantitative estimate of drug-likeness (QED) is 0.0197. The van der Waals surface area contributed by atoms with Crippen LogP contribution in [-0.2, 0) is 42.2 Å². The van der Waals surface area contributed by atoms with Crippen LogP contribution < -0.4 is 0 Å². The maximum atomic E-state index is 12.9. The highest BCUT2D eigenvalue weighted by Crippen LogP contribution is 2.43. The topological polar surface area (TPSA) is 155 Å². The second kappa shape index (κ2) is 60.0. The summed E-state index contributed by atoms with van der Waals surface area (Å²) in [4.78, 5) is 48.7. The highest BCUT2D eigenvalue weighted by atomic mass is 31.2. The van der Waals surface area contributed by atoms with Gasteiger partial charge in [0.1, 0.15) is 12.7 Å². The molecular weight excluding hydrogens is 1000 g/mol. The van der Waals surface area contributed by atoms with Gasteiger partial charge in [-0.2, -0.15) is 0 Å². The van der Waals surface area contributed by atoms with Crippen molar-refractivity contribution in [3.8, 4) is 0 Å². The third-order valence-corrected chi connectivity index (χ3v) is 14.5. The van der Waals surface area contributed by atoms with Crippen LogP contribution in [0.4, 0.5) is 0 Å². The normalized spacial score (nSPS) is 13.8. The number of carbonyl (C=O) groups excluding carboxylic acids is 3. The Bertz CT molecular complexity index is 1590.